The predicted octanol–water partition coefficient (Wildman–Crippen LogP) is 3.43. The monoisotopic (exact) mass is 228 g/mol. The van der Waals surface area contributed by atoms with Crippen molar-refractivity contribution in [2.45, 2.75) is 45.2 Å². The Hall–Kier alpha value is -0.190. The maximum Gasteiger partial charge on any atom is 0.275 e. The molecular weight excluding hydrogens is 213 g/mol. The van der Waals surface area contributed by atoms with Crippen molar-refractivity contribution in [1.29, 1.82) is 0 Å². The van der Waals surface area contributed by atoms with Crippen LogP contribution in [0.15, 0.2) is 0 Å². The maximum absolute atomic E-state index is 12.7. The fraction of sp³-hybridized carbons (Fsp3) is 0.889. The van der Waals surface area contributed by atoms with E-state index in [0.717, 1.165) is 11.8 Å². The minimum Gasteiger partial charge on any atom is -0.287 e. The average Bonchev–Trinajstić information content (AvgIpc) is 2.09. The third-order valence-corrected chi connectivity index (χ3v) is 2.81. The molecule has 0 aromatic heterocycles. The molecule has 0 aliphatic heterocycles. The van der Waals surface area contributed by atoms with Gasteiger partial charge < -0.3 is 0 Å². The molecule has 0 aliphatic rings. The molecule has 0 amide bonds. The summed E-state index contributed by atoms with van der Waals surface area (Å²) in [5.74, 6) is -2.84. The second kappa shape index (κ2) is 6.32. The van der Waals surface area contributed by atoms with E-state index < -0.39 is 12.1 Å². The van der Waals surface area contributed by atoms with Crippen molar-refractivity contribution in [3.63, 3.8) is 0 Å². The Labute approximate surface area is 86.4 Å². The molecule has 0 aromatic carbocycles. The quantitative estimate of drug-likeness (QED) is 0.648. The second-order valence-electron chi connectivity index (χ2n) is 3.14. The van der Waals surface area contributed by atoms with Gasteiger partial charge in [-0.25, -0.2) is 13.2 Å². The van der Waals surface area contributed by atoms with Crippen molar-refractivity contribution >= 4 is 16.9 Å². The number of rotatable bonds is 6. The van der Waals surface area contributed by atoms with Gasteiger partial charge in [-0.2, -0.15) is 0 Å². The first-order valence-corrected chi connectivity index (χ1v) is 5.54. The van der Waals surface area contributed by atoms with Crippen LogP contribution >= 0.6 is 11.8 Å². The molecule has 14 heavy (non-hydrogen) atoms. The van der Waals surface area contributed by atoms with Crippen LogP contribution in [0.2, 0.25) is 0 Å². The van der Waals surface area contributed by atoms with Gasteiger partial charge in [-0.1, -0.05) is 18.7 Å². The van der Waals surface area contributed by atoms with Gasteiger partial charge in [0.05, 0.1) is 0 Å². The van der Waals surface area contributed by atoms with E-state index in [4.69, 9.17) is 0 Å². The molecule has 0 aromatic rings. The molecule has 0 aliphatic carbocycles. The lowest BCUT2D eigenvalue weighted by atomic mass is 10.1. The molecule has 5 heteroatoms. The van der Waals surface area contributed by atoms with E-state index >= 15 is 0 Å². The molecule has 0 saturated heterocycles. The Kier molecular flexibility index (Phi) is 6.24. The number of halogens is 3. The lowest BCUT2D eigenvalue weighted by molar-refractivity contribution is -0.110. The van der Waals surface area contributed by atoms with Crippen LogP contribution in [-0.4, -0.2) is 23.0 Å². The first kappa shape index (κ1) is 13.8. The largest absolute Gasteiger partial charge is 0.287 e. The zero-order valence-electron chi connectivity index (χ0n) is 8.36. The van der Waals surface area contributed by atoms with E-state index in [9.17, 15) is 18.0 Å². The Bertz CT molecular complexity index is 179. The highest BCUT2D eigenvalue weighted by atomic mass is 32.2. The molecule has 0 bridgehead atoms. The summed E-state index contributed by atoms with van der Waals surface area (Å²) in [6, 6.07) is 0. The first-order chi connectivity index (χ1) is 6.38. The van der Waals surface area contributed by atoms with Gasteiger partial charge in [0.15, 0.2) is 11.3 Å². The standard InChI is InChI=1S/C9H15F3OS/c1-3-8(13)14-6-4-5-7(10)9(2,11)12/h7H,3-6H2,1-2H3. The molecule has 1 nitrogen and oxygen atoms in total. The predicted molar refractivity (Wildman–Crippen MR) is 52.5 cm³/mol. The van der Waals surface area contributed by atoms with Crippen LogP contribution in [-0.2, 0) is 4.79 Å². The van der Waals surface area contributed by atoms with E-state index in [-0.39, 0.29) is 11.5 Å². The van der Waals surface area contributed by atoms with Crippen molar-refractivity contribution in [3.8, 4) is 0 Å². The van der Waals surface area contributed by atoms with Crippen molar-refractivity contribution in [3.05, 3.63) is 0 Å². The van der Waals surface area contributed by atoms with Gasteiger partial charge in [0.2, 0.25) is 0 Å². The van der Waals surface area contributed by atoms with Gasteiger partial charge >= 0.3 is 0 Å². The normalized spacial score (nSPS) is 14.1. The lowest BCUT2D eigenvalue weighted by Crippen LogP contribution is -2.25. The molecule has 0 fully saturated rings. The second-order valence-corrected chi connectivity index (χ2v) is 4.29. The lowest BCUT2D eigenvalue weighted by Gasteiger charge is -2.14. The van der Waals surface area contributed by atoms with Crippen molar-refractivity contribution < 1.29 is 18.0 Å². The van der Waals surface area contributed by atoms with Gasteiger partial charge in [-0.05, 0) is 12.8 Å². The van der Waals surface area contributed by atoms with Gasteiger partial charge in [-0.15, -0.1) is 0 Å². The van der Waals surface area contributed by atoms with Crippen molar-refractivity contribution in [1.82, 2.24) is 0 Å². The van der Waals surface area contributed by atoms with E-state index in [1.54, 1.807) is 6.92 Å². The minimum absolute atomic E-state index is 0.0173. The van der Waals surface area contributed by atoms with E-state index in [1.807, 2.05) is 0 Å². The summed E-state index contributed by atoms with van der Waals surface area (Å²) < 4.78 is 37.3. The van der Waals surface area contributed by atoms with Crippen LogP contribution in [0.3, 0.4) is 0 Å². The van der Waals surface area contributed by atoms with Crippen LogP contribution in [0.1, 0.15) is 33.1 Å². The van der Waals surface area contributed by atoms with E-state index in [0.29, 0.717) is 25.5 Å². The smallest absolute Gasteiger partial charge is 0.275 e. The Morgan fingerprint density at radius 1 is 1.50 bits per heavy atom. The van der Waals surface area contributed by atoms with E-state index in [1.165, 1.54) is 0 Å². The maximum atomic E-state index is 12.7. The summed E-state index contributed by atoms with van der Waals surface area (Å²) in [7, 11) is 0. The molecule has 84 valence electrons. The van der Waals surface area contributed by atoms with Crippen molar-refractivity contribution in [2.75, 3.05) is 5.75 Å². The number of thioether (sulfide) groups is 1. The molecular formula is C9H15F3OS. The number of alkyl halides is 3. The topological polar surface area (TPSA) is 17.1 Å². The molecule has 0 rings (SSSR count). The Morgan fingerprint density at radius 2 is 2.07 bits per heavy atom. The third kappa shape index (κ3) is 6.29. The van der Waals surface area contributed by atoms with Crippen LogP contribution in [0.4, 0.5) is 13.2 Å². The fourth-order valence-electron chi connectivity index (χ4n) is 0.804. The summed E-state index contributed by atoms with van der Waals surface area (Å²) in [5.41, 5.74) is 0. The highest BCUT2D eigenvalue weighted by Crippen LogP contribution is 2.24. The Morgan fingerprint density at radius 3 is 2.50 bits per heavy atom. The van der Waals surface area contributed by atoms with Crippen LogP contribution in [0.25, 0.3) is 0 Å². The fourth-order valence-corrected chi connectivity index (χ4v) is 1.55. The molecule has 1 unspecified atom stereocenters. The van der Waals surface area contributed by atoms with Crippen molar-refractivity contribution in [2.24, 2.45) is 0 Å². The molecule has 0 radical (unpaired) electrons. The van der Waals surface area contributed by atoms with E-state index in [2.05, 4.69) is 0 Å². The van der Waals surface area contributed by atoms with Crippen LogP contribution in [0, 0.1) is 0 Å². The average molecular weight is 228 g/mol. The van der Waals surface area contributed by atoms with Crippen LogP contribution in [0.5, 0.6) is 0 Å². The SMILES string of the molecule is CCC(=O)SCCCC(F)C(C)(F)F. The molecule has 0 spiro atoms. The number of carbonyl (C=O) groups excluding carboxylic acids is 1. The minimum atomic E-state index is -3.26. The van der Waals surface area contributed by atoms with Gasteiger partial charge in [0.1, 0.15) is 0 Å². The number of carbonyl (C=O) groups is 1. The molecule has 0 saturated carbocycles. The van der Waals surface area contributed by atoms with Gasteiger partial charge in [0.25, 0.3) is 5.92 Å². The van der Waals surface area contributed by atoms with Gasteiger partial charge in [-0.3, -0.25) is 4.79 Å². The van der Waals surface area contributed by atoms with Gasteiger partial charge in [0, 0.05) is 19.1 Å². The summed E-state index contributed by atoms with van der Waals surface area (Å²) in [6.07, 6.45) is -1.55. The highest BCUT2D eigenvalue weighted by Gasteiger charge is 2.33. The highest BCUT2D eigenvalue weighted by molar-refractivity contribution is 8.13. The molecule has 0 N–H and O–H groups in total. The summed E-state index contributed by atoms with van der Waals surface area (Å²) in [5, 5.41) is 0.0173. The first-order valence-electron chi connectivity index (χ1n) is 4.55. The number of hydrogen-bond acceptors (Lipinski definition) is 2. The molecule has 1 atom stereocenters. The summed E-state index contributed by atoms with van der Waals surface area (Å²) in [6.45, 7) is 2.30. The third-order valence-electron chi connectivity index (χ3n) is 1.70. The van der Waals surface area contributed by atoms with Crippen LogP contribution < -0.4 is 0 Å². The number of hydrogen-bond donors (Lipinski definition) is 0. The zero-order valence-corrected chi connectivity index (χ0v) is 9.17. The zero-order chi connectivity index (χ0) is 11.2. The molecule has 0 heterocycles. The summed E-state index contributed by atoms with van der Waals surface area (Å²) in [4.78, 5) is 10.8. The summed E-state index contributed by atoms with van der Waals surface area (Å²) >= 11 is 1.08. The Balaban J connectivity index is 3.50.